The van der Waals surface area contributed by atoms with Crippen LogP contribution in [0.5, 0.6) is 0 Å². The summed E-state index contributed by atoms with van der Waals surface area (Å²) >= 11 is 0. The van der Waals surface area contributed by atoms with E-state index in [4.69, 9.17) is 5.26 Å². The van der Waals surface area contributed by atoms with E-state index >= 15 is 0 Å². The third-order valence-corrected chi connectivity index (χ3v) is 5.01. The highest BCUT2D eigenvalue weighted by Crippen LogP contribution is 2.10. The molecule has 0 heterocycles. The lowest BCUT2D eigenvalue weighted by molar-refractivity contribution is 0.602. The quantitative estimate of drug-likeness (QED) is 0.338. The van der Waals surface area contributed by atoms with Gasteiger partial charge in [-0.3, -0.25) is 0 Å². The third-order valence-electron chi connectivity index (χ3n) is 3.88. The monoisotopic (exact) mass is 512 g/mol. The average Bonchev–Trinajstić information content (AvgIpc) is 2.66. The molecule has 0 aliphatic rings. The van der Waals surface area contributed by atoms with Crippen molar-refractivity contribution in [2.24, 2.45) is 4.99 Å². The number of nitrogens with one attached hydrogen (secondary N) is 2. The Kier molecular flexibility index (Phi) is 9.96. The number of benzene rings is 2. The Morgan fingerprint density at radius 1 is 1.11 bits per heavy atom. The van der Waals surface area contributed by atoms with Crippen molar-refractivity contribution in [3.8, 4) is 6.07 Å². The third kappa shape index (κ3) is 7.86. The maximum absolute atomic E-state index is 11.5. The van der Waals surface area contributed by atoms with Crippen LogP contribution >= 0.6 is 24.0 Å². The first-order valence-corrected chi connectivity index (χ1v) is 10.6. The van der Waals surface area contributed by atoms with Gasteiger partial charge < -0.3 is 10.6 Å². The number of guanidine groups is 1. The Labute approximate surface area is 184 Å². The fraction of sp³-hybridized carbons (Fsp3) is 0.300. The summed E-state index contributed by atoms with van der Waals surface area (Å²) in [5, 5.41) is 15.4. The molecule has 2 N–H and O–H groups in total. The molecule has 8 heteroatoms. The zero-order valence-electron chi connectivity index (χ0n) is 16.0. The van der Waals surface area contributed by atoms with E-state index < -0.39 is 9.84 Å². The Hall–Kier alpha value is -2.12. The van der Waals surface area contributed by atoms with Crippen LogP contribution in [0.1, 0.15) is 23.6 Å². The van der Waals surface area contributed by atoms with E-state index in [1.54, 1.807) is 18.2 Å². The summed E-state index contributed by atoms with van der Waals surface area (Å²) in [6.45, 7) is 3.89. The van der Waals surface area contributed by atoms with E-state index in [0.29, 0.717) is 29.5 Å². The van der Waals surface area contributed by atoms with Crippen molar-refractivity contribution < 1.29 is 8.42 Å². The SMILES string of the molecule is CCNC(=NCc1cccc(C#N)c1)NCCc1ccc(S(C)(=O)=O)cc1.I. The summed E-state index contributed by atoms with van der Waals surface area (Å²) < 4.78 is 23.0. The van der Waals surface area contributed by atoms with Crippen LogP contribution in [0.25, 0.3) is 0 Å². The second-order valence-electron chi connectivity index (χ2n) is 6.10. The minimum atomic E-state index is -3.16. The van der Waals surface area contributed by atoms with Gasteiger partial charge in [-0.15, -0.1) is 24.0 Å². The number of aliphatic imine (C=N–C) groups is 1. The van der Waals surface area contributed by atoms with Crippen LogP contribution in [0.2, 0.25) is 0 Å². The van der Waals surface area contributed by atoms with Gasteiger partial charge in [0.25, 0.3) is 0 Å². The standard InChI is InChI=1S/C20H24N4O2S.HI/c1-3-22-20(24-15-18-6-4-5-17(13-18)14-21)23-12-11-16-7-9-19(10-8-16)27(2,25)26;/h4-10,13H,3,11-12,15H2,1-2H3,(H2,22,23,24);1H. The Balaban J connectivity index is 0.00000392. The molecule has 2 aromatic rings. The molecule has 0 bridgehead atoms. The molecule has 0 saturated carbocycles. The van der Waals surface area contributed by atoms with Crippen LogP contribution in [-0.4, -0.2) is 33.7 Å². The molecule has 0 unspecified atom stereocenters. The minimum absolute atomic E-state index is 0. The van der Waals surface area contributed by atoms with Crippen molar-refractivity contribution in [1.29, 1.82) is 5.26 Å². The second kappa shape index (κ2) is 11.7. The van der Waals surface area contributed by atoms with Gasteiger partial charge in [-0.25, -0.2) is 13.4 Å². The molecule has 0 aromatic heterocycles. The molecule has 0 fully saturated rings. The van der Waals surface area contributed by atoms with Crippen LogP contribution in [0.4, 0.5) is 0 Å². The van der Waals surface area contributed by atoms with Gasteiger partial charge in [0.15, 0.2) is 15.8 Å². The highest BCUT2D eigenvalue weighted by Gasteiger charge is 2.06. The summed E-state index contributed by atoms with van der Waals surface area (Å²) in [6, 6.07) is 16.4. The van der Waals surface area contributed by atoms with E-state index in [0.717, 1.165) is 24.1 Å². The normalized spacial score (nSPS) is 11.2. The smallest absolute Gasteiger partial charge is 0.191 e. The van der Waals surface area contributed by atoms with Crippen molar-refractivity contribution in [3.63, 3.8) is 0 Å². The summed E-state index contributed by atoms with van der Waals surface area (Å²) in [4.78, 5) is 4.87. The van der Waals surface area contributed by atoms with Gasteiger partial charge in [-0.2, -0.15) is 5.26 Å². The van der Waals surface area contributed by atoms with E-state index in [-0.39, 0.29) is 24.0 Å². The van der Waals surface area contributed by atoms with E-state index in [1.165, 1.54) is 6.26 Å². The van der Waals surface area contributed by atoms with Gasteiger partial charge in [0, 0.05) is 19.3 Å². The van der Waals surface area contributed by atoms with E-state index in [1.807, 2.05) is 37.3 Å². The van der Waals surface area contributed by atoms with E-state index in [2.05, 4.69) is 21.7 Å². The molecule has 2 aromatic carbocycles. The number of hydrogen-bond donors (Lipinski definition) is 2. The average molecular weight is 512 g/mol. The number of sulfone groups is 1. The van der Waals surface area contributed by atoms with Crippen LogP contribution in [0, 0.1) is 11.3 Å². The molecule has 0 atom stereocenters. The number of nitriles is 1. The lowest BCUT2D eigenvalue weighted by Gasteiger charge is -2.11. The zero-order valence-corrected chi connectivity index (χ0v) is 19.1. The number of halogens is 1. The van der Waals surface area contributed by atoms with Crippen molar-refractivity contribution in [1.82, 2.24) is 10.6 Å². The predicted molar refractivity (Wildman–Crippen MR) is 123 cm³/mol. The number of nitrogens with zero attached hydrogens (tertiary/aromatic N) is 2. The Morgan fingerprint density at radius 3 is 2.43 bits per heavy atom. The van der Waals surface area contributed by atoms with Gasteiger partial charge in [-0.1, -0.05) is 24.3 Å². The molecule has 28 heavy (non-hydrogen) atoms. The summed E-state index contributed by atoms with van der Waals surface area (Å²) in [7, 11) is -3.16. The van der Waals surface area contributed by atoms with E-state index in [9.17, 15) is 8.42 Å². The lowest BCUT2D eigenvalue weighted by Crippen LogP contribution is -2.38. The molecule has 0 saturated heterocycles. The Morgan fingerprint density at radius 2 is 1.82 bits per heavy atom. The molecular formula is C20H25IN4O2S. The molecule has 150 valence electrons. The molecule has 0 amide bonds. The second-order valence-corrected chi connectivity index (χ2v) is 8.12. The summed E-state index contributed by atoms with van der Waals surface area (Å²) in [5.41, 5.74) is 2.65. The first-order valence-electron chi connectivity index (χ1n) is 8.72. The fourth-order valence-corrected chi connectivity index (χ4v) is 3.11. The molecule has 0 aliphatic carbocycles. The topological polar surface area (TPSA) is 94.3 Å². The zero-order chi connectivity index (χ0) is 19.7. The highest BCUT2D eigenvalue weighted by molar-refractivity contribution is 14.0. The number of hydrogen-bond acceptors (Lipinski definition) is 4. The predicted octanol–water partition coefficient (Wildman–Crippen LogP) is 2.88. The molecule has 0 aliphatic heterocycles. The van der Waals surface area contributed by atoms with Crippen LogP contribution in [0.3, 0.4) is 0 Å². The van der Waals surface area contributed by atoms with Gasteiger partial charge in [-0.05, 0) is 48.7 Å². The van der Waals surface area contributed by atoms with Gasteiger partial charge >= 0.3 is 0 Å². The fourth-order valence-electron chi connectivity index (χ4n) is 2.48. The first kappa shape index (κ1) is 23.9. The highest BCUT2D eigenvalue weighted by atomic mass is 127. The van der Waals surface area contributed by atoms with Crippen molar-refractivity contribution in [2.45, 2.75) is 24.8 Å². The molecular weight excluding hydrogens is 487 g/mol. The van der Waals surface area contributed by atoms with Crippen molar-refractivity contribution in [3.05, 3.63) is 65.2 Å². The van der Waals surface area contributed by atoms with Gasteiger partial charge in [0.2, 0.25) is 0 Å². The maximum Gasteiger partial charge on any atom is 0.191 e. The lowest BCUT2D eigenvalue weighted by atomic mass is 10.1. The molecule has 2 rings (SSSR count). The Bertz CT molecular complexity index is 935. The van der Waals surface area contributed by atoms with Gasteiger partial charge in [0.1, 0.15) is 0 Å². The first-order chi connectivity index (χ1) is 12.9. The molecule has 0 spiro atoms. The summed E-state index contributed by atoms with van der Waals surface area (Å²) in [6.07, 6.45) is 1.95. The minimum Gasteiger partial charge on any atom is -0.357 e. The number of rotatable bonds is 7. The molecule has 0 radical (unpaired) electrons. The van der Waals surface area contributed by atoms with Gasteiger partial charge in [0.05, 0.1) is 23.1 Å². The van der Waals surface area contributed by atoms with Crippen LogP contribution < -0.4 is 10.6 Å². The largest absolute Gasteiger partial charge is 0.357 e. The van der Waals surface area contributed by atoms with Crippen molar-refractivity contribution >= 4 is 39.8 Å². The molecule has 6 nitrogen and oxygen atoms in total. The summed E-state index contributed by atoms with van der Waals surface area (Å²) in [5.74, 6) is 0.701. The van der Waals surface area contributed by atoms with Crippen molar-refractivity contribution in [2.75, 3.05) is 19.3 Å². The van der Waals surface area contributed by atoms with Crippen LogP contribution in [-0.2, 0) is 22.8 Å². The maximum atomic E-state index is 11.5. The van der Waals surface area contributed by atoms with Crippen LogP contribution in [0.15, 0.2) is 58.4 Å².